The van der Waals surface area contributed by atoms with Crippen LogP contribution in [0.25, 0.3) is 0 Å². The fourth-order valence-electron chi connectivity index (χ4n) is 4.36. The van der Waals surface area contributed by atoms with Gasteiger partial charge in [0.2, 0.25) is 0 Å². The van der Waals surface area contributed by atoms with Gasteiger partial charge in [-0.1, -0.05) is 134 Å². The second-order valence-electron chi connectivity index (χ2n) is 9.34. The molecule has 1 aromatic carbocycles. The van der Waals surface area contributed by atoms with Crippen molar-refractivity contribution in [1.82, 2.24) is 0 Å². The van der Waals surface area contributed by atoms with Crippen molar-refractivity contribution in [3.8, 4) is 0 Å². The summed E-state index contributed by atoms with van der Waals surface area (Å²) in [6, 6.07) is 9.64. The molecule has 0 saturated carbocycles. The van der Waals surface area contributed by atoms with Gasteiger partial charge in [-0.25, -0.2) is 4.79 Å². The first-order chi connectivity index (χ1) is 15.7. The van der Waals surface area contributed by atoms with Crippen molar-refractivity contribution in [1.29, 1.82) is 0 Å². The second-order valence-corrected chi connectivity index (χ2v) is 9.34. The molecule has 1 rings (SSSR count). The lowest BCUT2D eigenvalue weighted by Crippen LogP contribution is -2.21. The van der Waals surface area contributed by atoms with Gasteiger partial charge in [0.1, 0.15) is 0 Å². The number of carbonyl (C=O) groups is 1. The Hall–Kier alpha value is -1.35. The Kier molecular flexibility index (Phi) is 18.2. The van der Waals surface area contributed by atoms with Crippen LogP contribution in [0.1, 0.15) is 128 Å². The largest absolute Gasteiger partial charge is 0.463 e. The molecule has 0 N–H and O–H groups in total. The number of carbonyl (C=O) groups excluding carboxylic acids is 1. The molecule has 0 aliphatic rings. The van der Waals surface area contributed by atoms with Crippen LogP contribution in [0.4, 0.5) is 0 Å². The van der Waals surface area contributed by atoms with Gasteiger partial charge in [0.05, 0.1) is 6.61 Å². The summed E-state index contributed by atoms with van der Waals surface area (Å²) in [6.45, 7) is 5.05. The van der Waals surface area contributed by atoms with Crippen LogP contribution in [0.3, 0.4) is 0 Å². The molecular formula is C29H50O3. The lowest BCUT2D eigenvalue weighted by molar-refractivity contribution is -0.157. The first-order valence-electron chi connectivity index (χ1n) is 13.5. The summed E-state index contributed by atoms with van der Waals surface area (Å²) < 4.78 is 11.2. The van der Waals surface area contributed by atoms with Crippen LogP contribution in [-0.4, -0.2) is 19.7 Å². The van der Waals surface area contributed by atoms with Crippen molar-refractivity contribution in [3.05, 3.63) is 35.9 Å². The fourth-order valence-corrected chi connectivity index (χ4v) is 4.36. The third kappa shape index (κ3) is 13.9. The molecule has 3 nitrogen and oxygen atoms in total. The van der Waals surface area contributed by atoms with E-state index < -0.39 is 6.10 Å². The zero-order valence-corrected chi connectivity index (χ0v) is 21.3. The summed E-state index contributed by atoms with van der Waals surface area (Å²) in [6.07, 6.45) is 20.3. The number of hydrogen-bond donors (Lipinski definition) is 0. The van der Waals surface area contributed by atoms with Crippen molar-refractivity contribution >= 4 is 5.97 Å². The van der Waals surface area contributed by atoms with Gasteiger partial charge in [-0.05, 0) is 24.3 Å². The summed E-state index contributed by atoms with van der Waals surface area (Å²) >= 11 is 0. The predicted octanol–water partition coefficient (Wildman–Crippen LogP) is 8.81. The Morgan fingerprint density at radius 1 is 0.719 bits per heavy atom. The highest BCUT2D eigenvalue weighted by molar-refractivity contribution is 5.76. The van der Waals surface area contributed by atoms with Crippen molar-refractivity contribution in [3.63, 3.8) is 0 Å². The number of methoxy groups -OCH3 is 1. The zero-order valence-electron chi connectivity index (χ0n) is 21.3. The molecular weight excluding hydrogens is 396 g/mol. The van der Waals surface area contributed by atoms with Crippen LogP contribution >= 0.6 is 0 Å². The molecule has 0 aliphatic heterocycles. The summed E-state index contributed by atoms with van der Waals surface area (Å²) in [5, 5.41) is 0. The molecule has 0 bridgehead atoms. The van der Waals surface area contributed by atoms with Gasteiger partial charge in [-0.3, -0.25) is 0 Å². The Labute approximate surface area is 198 Å². The summed E-state index contributed by atoms with van der Waals surface area (Å²) in [5.74, 6) is 0.209. The maximum Gasteiger partial charge on any atom is 0.339 e. The van der Waals surface area contributed by atoms with E-state index in [0.717, 1.165) is 5.56 Å². The molecule has 0 aromatic heterocycles. The van der Waals surface area contributed by atoms with E-state index in [1.807, 2.05) is 30.3 Å². The van der Waals surface area contributed by atoms with Crippen molar-refractivity contribution in [2.24, 2.45) is 5.92 Å². The van der Waals surface area contributed by atoms with Gasteiger partial charge < -0.3 is 9.47 Å². The monoisotopic (exact) mass is 446 g/mol. The maximum absolute atomic E-state index is 12.7. The van der Waals surface area contributed by atoms with E-state index >= 15 is 0 Å². The highest BCUT2D eigenvalue weighted by Gasteiger charge is 2.22. The number of benzene rings is 1. The predicted molar refractivity (Wildman–Crippen MR) is 136 cm³/mol. The highest BCUT2D eigenvalue weighted by atomic mass is 16.6. The smallest absolute Gasteiger partial charge is 0.339 e. The summed E-state index contributed by atoms with van der Waals surface area (Å²) in [7, 11) is 1.58. The molecule has 2 unspecified atom stereocenters. The Bertz CT molecular complexity index is 543. The van der Waals surface area contributed by atoms with Crippen LogP contribution in [-0.2, 0) is 14.3 Å². The molecule has 0 spiro atoms. The van der Waals surface area contributed by atoms with Crippen LogP contribution in [0.2, 0.25) is 0 Å². The molecule has 32 heavy (non-hydrogen) atoms. The van der Waals surface area contributed by atoms with E-state index in [9.17, 15) is 4.79 Å². The van der Waals surface area contributed by atoms with Crippen LogP contribution in [0, 0.1) is 5.92 Å². The molecule has 0 amide bonds. The van der Waals surface area contributed by atoms with Crippen LogP contribution < -0.4 is 0 Å². The first-order valence-corrected chi connectivity index (χ1v) is 13.5. The topological polar surface area (TPSA) is 35.5 Å². The summed E-state index contributed by atoms with van der Waals surface area (Å²) in [5.41, 5.74) is 0.857. The first kappa shape index (κ1) is 28.7. The van der Waals surface area contributed by atoms with Crippen molar-refractivity contribution in [2.75, 3.05) is 13.7 Å². The van der Waals surface area contributed by atoms with E-state index in [1.54, 1.807) is 7.11 Å². The van der Waals surface area contributed by atoms with Gasteiger partial charge in [-0.2, -0.15) is 0 Å². The SMILES string of the molecule is CCCCCCCCCCC(CCCCCCCC)COC(=O)C(OC)c1ccccc1. The molecule has 184 valence electrons. The Morgan fingerprint density at radius 2 is 1.19 bits per heavy atom. The van der Waals surface area contributed by atoms with E-state index in [0.29, 0.717) is 12.5 Å². The standard InChI is InChI=1S/C29H50O3/c1-4-6-8-10-12-13-15-18-22-26(21-17-14-11-9-7-5-2)25-32-29(30)28(31-3)27-23-19-16-20-24-27/h16,19-20,23-24,26,28H,4-15,17-18,21-22,25H2,1-3H3. The third-order valence-electron chi connectivity index (χ3n) is 6.45. The minimum absolute atomic E-state index is 0.262. The highest BCUT2D eigenvalue weighted by Crippen LogP contribution is 2.22. The molecule has 0 aliphatic carbocycles. The lowest BCUT2D eigenvalue weighted by atomic mass is 9.94. The Morgan fingerprint density at radius 3 is 1.66 bits per heavy atom. The van der Waals surface area contributed by atoms with Gasteiger partial charge in [0, 0.05) is 7.11 Å². The van der Waals surface area contributed by atoms with E-state index in [-0.39, 0.29) is 5.97 Å². The molecule has 0 heterocycles. The quantitative estimate of drug-likeness (QED) is 0.140. The molecule has 1 aromatic rings. The van der Waals surface area contributed by atoms with Gasteiger partial charge in [0.25, 0.3) is 0 Å². The van der Waals surface area contributed by atoms with Crippen molar-refractivity contribution < 1.29 is 14.3 Å². The molecule has 0 radical (unpaired) electrons. The Balaban J connectivity index is 2.40. The van der Waals surface area contributed by atoms with Crippen LogP contribution in [0.5, 0.6) is 0 Å². The lowest BCUT2D eigenvalue weighted by Gasteiger charge is -2.20. The zero-order chi connectivity index (χ0) is 23.3. The molecule has 2 atom stereocenters. The molecule has 0 saturated heterocycles. The number of hydrogen-bond acceptors (Lipinski definition) is 3. The maximum atomic E-state index is 12.7. The number of ether oxygens (including phenoxy) is 2. The average Bonchev–Trinajstić information content (AvgIpc) is 2.82. The molecule has 0 fully saturated rings. The van der Waals surface area contributed by atoms with E-state index in [1.165, 1.54) is 103 Å². The fraction of sp³-hybridized carbons (Fsp3) is 0.759. The molecule has 3 heteroatoms. The van der Waals surface area contributed by atoms with Gasteiger partial charge in [0.15, 0.2) is 6.10 Å². The van der Waals surface area contributed by atoms with Crippen molar-refractivity contribution in [2.45, 2.75) is 123 Å². The minimum atomic E-state index is -0.631. The third-order valence-corrected chi connectivity index (χ3v) is 6.45. The van der Waals surface area contributed by atoms with Gasteiger partial charge in [-0.15, -0.1) is 0 Å². The van der Waals surface area contributed by atoms with Gasteiger partial charge >= 0.3 is 5.97 Å². The van der Waals surface area contributed by atoms with Crippen LogP contribution in [0.15, 0.2) is 30.3 Å². The normalized spacial score (nSPS) is 13.1. The van der Waals surface area contributed by atoms with E-state index in [2.05, 4.69) is 13.8 Å². The minimum Gasteiger partial charge on any atom is -0.463 e. The van der Waals surface area contributed by atoms with E-state index in [4.69, 9.17) is 9.47 Å². The summed E-state index contributed by atoms with van der Waals surface area (Å²) in [4.78, 5) is 12.7. The number of unbranched alkanes of at least 4 members (excludes halogenated alkanes) is 12. The number of esters is 1. The average molecular weight is 447 g/mol. The second kappa shape index (κ2) is 20.3. The number of rotatable bonds is 21.